The van der Waals surface area contributed by atoms with E-state index in [9.17, 15) is 0 Å². The van der Waals surface area contributed by atoms with Crippen molar-refractivity contribution in [2.75, 3.05) is 13.2 Å². The van der Waals surface area contributed by atoms with E-state index in [1.807, 2.05) is 0 Å². The average Bonchev–Trinajstić information content (AvgIpc) is 2.73. The lowest BCUT2D eigenvalue weighted by Gasteiger charge is -2.15. The first-order valence-corrected chi connectivity index (χ1v) is 5.39. The predicted molar refractivity (Wildman–Crippen MR) is 56.4 cm³/mol. The highest BCUT2D eigenvalue weighted by molar-refractivity contribution is 5.04. The number of hydrogen-bond donors (Lipinski definition) is 1. The van der Waals surface area contributed by atoms with Gasteiger partial charge in [-0.15, -0.1) is 10.2 Å². The monoisotopic (exact) mass is 210 g/mol. The summed E-state index contributed by atoms with van der Waals surface area (Å²) in [6.45, 7) is 6.58. The lowest BCUT2D eigenvalue weighted by Crippen LogP contribution is -2.29. The fraction of sp³-hybridized carbons (Fsp3) is 0.800. The van der Waals surface area contributed by atoms with Crippen molar-refractivity contribution in [1.29, 1.82) is 0 Å². The Morgan fingerprint density at radius 2 is 2.40 bits per heavy atom. The summed E-state index contributed by atoms with van der Waals surface area (Å²) < 4.78 is 7.43. The largest absolute Gasteiger partial charge is 0.379 e. The summed E-state index contributed by atoms with van der Waals surface area (Å²) in [5, 5.41) is 8.11. The molecule has 84 valence electrons. The molecular weight excluding hydrogens is 192 g/mol. The van der Waals surface area contributed by atoms with E-state index in [1.54, 1.807) is 6.33 Å². The molecule has 2 unspecified atom stereocenters. The second kappa shape index (κ2) is 4.28. The Hall–Kier alpha value is -0.940. The highest BCUT2D eigenvalue weighted by Gasteiger charge is 2.30. The van der Waals surface area contributed by atoms with Crippen molar-refractivity contribution in [3.05, 3.63) is 12.2 Å². The predicted octanol–water partition coefficient (Wildman–Crippen LogP) is 0.375. The SMILES string of the molecule is CC(C)Cn1cnnc1C1COCC1N. The zero-order chi connectivity index (χ0) is 10.8. The zero-order valence-corrected chi connectivity index (χ0v) is 9.26. The molecule has 0 spiro atoms. The van der Waals surface area contributed by atoms with Crippen LogP contribution in [-0.2, 0) is 11.3 Å². The van der Waals surface area contributed by atoms with Gasteiger partial charge in [0.1, 0.15) is 12.2 Å². The third-order valence-corrected chi connectivity index (χ3v) is 2.66. The molecule has 1 aromatic heterocycles. The Morgan fingerprint density at radius 1 is 1.60 bits per heavy atom. The molecule has 1 aromatic rings. The molecular formula is C10H18N4O. The van der Waals surface area contributed by atoms with Crippen LogP contribution in [0, 0.1) is 5.92 Å². The van der Waals surface area contributed by atoms with Crippen LogP contribution in [0.5, 0.6) is 0 Å². The van der Waals surface area contributed by atoms with Crippen LogP contribution in [0.3, 0.4) is 0 Å². The van der Waals surface area contributed by atoms with Gasteiger partial charge >= 0.3 is 0 Å². The molecule has 0 aromatic carbocycles. The summed E-state index contributed by atoms with van der Waals surface area (Å²) in [6.07, 6.45) is 1.78. The third kappa shape index (κ3) is 2.18. The minimum Gasteiger partial charge on any atom is -0.379 e. The van der Waals surface area contributed by atoms with Crippen molar-refractivity contribution in [3.63, 3.8) is 0 Å². The van der Waals surface area contributed by atoms with Crippen molar-refractivity contribution in [3.8, 4) is 0 Å². The van der Waals surface area contributed by atoms with Crippen molar-refractivity contribution in [1.82, 2.24) is 14.8 Å². The summed E-state index contributed by atoms with van der Waals surface area (Å²) in [6, 6.07) is 0.0557. The fourth-order valence-electron chi connectivity index (χ4n) is 1.92. The van der Waals surface area contributed by atoms with Crippen molar-refractivity contribution in [2.24, 2.45) is 11.7 Å². The second-order valence-corrected chi connectivity index (χ2v) is 4.54. The van der Waals surface area contributed by atoms with E-state index in [0.29, 0.717) is 19.1 Å². The normalized spacial score (nSPS) is 26.4. The van der Waals surface area contributed by atoms with Gasteiger partial charge in [-0.3, -0.25) is 0 Å². The van der Waals surface area contributed by atoms with Gasteiger partial charge in [-0.05, 0) is 5.92 Å². The van der Waals surface area contributed by atoms with Crippen LogP contribution in [0.2, 0.25) is 0 Å². The molecule has 0 aliphatic carbocycles. The molecule has 2 rings (SSSR count). The zero-order valence-electron chi connectivity index (χ0n) is 9.26. The number of rotatable bonds is 3. The molecule has 1 saturated heterocycles. The molecule has 5 heteroatoms. The second-order valence-electron chi connectivity index (χ2n) is 4.54. The van der Waals surface area contributed by atoms with Gasteiger partial charge in [-0.1, -0.05) is 13.8 Å². The first-order valence-electron chi connectivity index (χ1n) is 5.39. The molecule has 15 heavy (non-hydrogen) atoms. The van der Waals surface area contributed by atoms with E-state index < -0.39 is 0 Å². The van der Waals surface area contributed by atoms with Crippen LogP contribution in [0.1, 0.15) is 25.6 Å². The number of hydrogen-bond acceptors (Lipinski definition) is 4. The van der Waals surface area contributed by atoms with Crippen LogP contribution in [0.15, 0.2) is 6.33 Å². The number of nitrogens with two attached hydrogens (primary N) is 1. The van der Waals surface area contributed by atoms with Crippen molar-refractivity contribution in [2.45, 2.75) is 32.4 Å². The van der Waals surface area contributed by atoms with Gasteiger partial charge in [-0.2, -0.15) is 0 Å². The van der Waals surface area contributed by atoms with E-state index in [-0.39, 0.29) is 12.0 Å². The number of aromatic nitrogens is 3. The minimum absolute atomic E-state index is 0.0557. The Balaban J connectivity index is 2.16. The highest BCUT2D eigenvalue weighted by Crippen LogP contribution is 2.22. The Bertz CT molecular complexity index is 323. The summed E-state index contributed by atoms with van der Waals surface area (Å²) in [7, 11) is 0. The quantitative estimate of drug-likeness (QED) is 0.783. The van der Waals surface area contributed by atoms with Gasteiger partial charge in [0, 0.05) is 12.6 Å². The molecule has 5 nitrogen and oxygen atoms in total. The Morgan fingerprint density at radius 3 is 3.00 bits per heavy atom. The van der Waals surface area contributed by atoms with Crippen LogP contribution < -0.4 is 5.73 Å². The lowest BCUT2D eigenvalue weighted by atomic mass is 10.0. The summed E-state index contributed by atoms with van der Waals surface area (Å²) in [5.74, 6) is 1.75. The van der Waals surface area contributed by atoms with Crippen molar-refractivity contribution >= 4 is 0 Å². The van der Waals surface area contributed by atoms with Gasteiger partial charge in [0.05, 0.1) is 19.1 Å². The average molecular weight is 210 g/mol. The molecule has 1 fully saturated rings. The fourth-order valence-corrected chi connectivity index (χ4v) is 1.92. The molecule has 0 amide bonds. The van der Waals surface area contributed by atoms with Crippen LogP contribution in [0.4, 0.5) is 0 Å². The highest BCUT2D eigenvalue weighted by atomic mass is 16.5. The van der Waals surface area contributed by atoms with Crippen LogP contribution in [-0.4, -0.2) is 34.0 Å². The maximum atomic E-state index is 5.96. The van der Waals surface area contributed by atoms with Crippen LogP contribution >= 0.6 is 0 Å². The summed E-state index contributed by atoms with van der Waals surface area (Å²) in [5.41, 5.74) is 5.96. The maximum Gasteiger partial charge on any atom is 0.139 e. The number of nitrogens with zero attached hydrogens (tertiary/aromatic N) is 3. The van der Waals surface area contributed by atoms with E-state index in [2.05, 4.69) is 28.6 Å². The van der Waals surface area contributed by atoms with Crippen molar-refractivity contribution < 1.29 is 4.74 Å². The van der Waals surface area contributed by atoms with Crippen LogP contribution in [0.25, 0.3) is 0 Å². The Labute approximate surface area is 89.6 Å². The molecule has 2 heterocycles. The topological polar surface area (TPSA) is 66.0 Å². The maximum absolute atomic E-state index is 5.96. The van der Waals surface area contributed by atoms with Gasteiger partial charge in [0.15, 0.2) is 0 Å². The number of ether oxygens (including phenoxy) is 1. The van der Waals surface area contributed by atoms with Gasteiger partial charge < -0.3 is 15.0 Å². The summed E-state index contributed by atoms with van der Waals surface area (Å²) in [4.78, 5) is 0. The van der Waals surface area contributed by atoms with E-state index in [0.717, 1.165) is 12.4 Å². The van der Waals surface area contributed by atoms with Gasteiger partial charge in [0.2, 0.25) is 0 Å². The van der Waals surface area contributed by atoms with E-state index in [1.165, 1.54) is 0 Å². The van der Waals surface area contributed by atoms with E-state index in [4.69, 9.17) is 10.5 Å². The first-order chi connectivity index (χ1) is 7.18. The molecule has 0 bridgehead atoms. The molecule has 1 aliphatic rings. The molecule has 1 aliphatic heterocycles. The standard InChI is InChI=1S/C10H18N4O/c1-7(2)3-14-6-12-13-10(14)8-4-15-5-9(8)11/h6-9H,3-5,11H2,1-2H3. The third-order valence-electron chi connectivity index (χ3n) is 2.66. The minimum atomic E-state index is 0.0557. The Kier molecular flexibility index (Phi) is 3.02. The molecule has 2 atom stereocenters. The molecule has 2 N–H and O–H groups in total. The van der Waals surface area contributed by atoms with Gasteiger partial charge in [0.25, 0.3) is 0 Å². The van der Waals surface area contributed by atoms with Gasteiger partial charge in [-0.25, -0.2) is 0 Å². The van der Waals surface area contributed by atoms with E-state index >= 15 is 0 Å². The molecule has 0 radical (unpaired) electrons. The first kappa shape index (κ1) is 10.6. The smallest absolute Gasteiger partial charge is 0.139 e. The lowest BCUT2D eigenvalue weighted by molar-refractivity contribution is 0.190. The summed E-state index contributed by atoms with van der Waals surface area (Å²) >= 11 is 0. The molecule has 0 saturated carbocycles.